The second-order valence-electron chi connectivity index (χ2n) is 6.71. The van der Waals surface area contributed by atoms with E-state index in [0.29, 0.717) is 0 Å². The van der Waals surface area contributed by atoms with E-state index < -0.39 is 0 Å². The van der Waals surface area contributed by atoms with Gasteiger partial charge < -0.3 is 9.64 Å². The van der Waals surface area contributed by atoms with Crippen LogP contribution in [0.2, 0.25) is 0 Å². The highest BCUT2D eigenvalue weighted by Crippen LogP contribution is 2.47. The first-order chi connectivity index (χ1) is 12.1. The molecule has 1 aliphatic carbocycles. The van der Waals surface area contributed by atoms with Crippen molar-refractivity contribution in [1.29, 1.82) is 0 Å². The number of rotatable bonds is 2. The summed E-state index contributed by atoms with van der Waals surface area (Å²) in [5.41, 5.74) is 6.59. The number of hydrogen-bond donors (Lipinski definition) is 0. The number of hydrogen-bond acceptors (Lipinski definition) is 3. The van der Waals surface area contributed by atoms with Crippen molar-refractivity contribution in [2.75, 3.05) is 11.4 Å². The van der Waals surface area contributed by atoms with E-state index in [9.17, 15) is 0 Å². The highest BCUT2D eigenvalue weighted by molar-refractivity contribution is 8.03. The molecule has 1 aromatic rings. The molecule has 0 bridgehead atoms. The lowest BCUT2D eigenvalue weighted by Crippen LogP contribution is -2.17. The third-order valence-corrected chi connectivity index (χ3v) is 6.09. The summed E-state index contributed by atoms with van der Waals surface area (Å²) in [6, 6.07) is 4.60. The lowest BCUT2D eigenvalue weighted by atomic mass is 9.98. The molecule has 4 rings (SSSR count). The van der Waals surface area contributed by atoms with E-state index in [1.807, 2.05) is 11.8 Å². The average Bonchev–Trinajstić information content (AvgIpc) is 2.91. The third-order valence-electron chi connectivity index (χ3n) is 4.99. The molecule has 128 valence electrons. The van der Waals surface area contributed by atoms with E-state index >= 15 is 0 Å². The molecule has 2 aliphatic heterocycles. The average molecular weight is 349 g/mol. The monoisotopic (exact) mass is 349 g/mol. The van der Waals surface area contributed by atoms with Crippen molar-refractivity contribution < 1.29 is 4.74 Å². The number of thioether (sulfide) groups is 1. The van der Waals surface area contributed by atoms with Crippen LogP contribution in [0.4, 0.5) is 5.69 Å². The van der Waals surface area contributed by atoms with Gasteiger partial charge in [-0.25, -0.2) is 0 Å². The summed E-state index contributed by atoms with van der Waals surface area (Å²) in [4.78, 5) is 3.71. The minimum atomic E-state index is 0.921. The van der Waals surface area contributed by atoms with Crippen molar-refractivity contribution in [2.45, 2.75) is 39.0 Å². The first kappa shape index (κ1) is 16.3. The summed E-state index contributed by atoms with van der Waals surface area (Å²) < 4.78 is 6.16. The van der Waals surface area contributed by atoms with Gasteiger partial charge in [0.2, 0.25) is 0 Å². The van der Waals surface area contributed by atoms with Crippen LogP contribution in [0.1, 0.15) is 31.4 Å². The van der Waals surface area contributed by atoms with E-state index in [2.05, 4.69) is 75.1 Å². The molecule has 0 N–H and O–H groups in total. The van der Waals surface area contributed by atoms with Gasteiger partial charge in [-0.15, -0.1) is 0 Å². The Morgan fingerprint density at radius 2 is 2.00 bits per heavy atom. The van der Waals surface area contributed by atoms with Crippen LogP contribution < -0.4 is 4.90 Å². The molecule has 0 saturated heterocycles. The van der Waals surface area contributed by atoms with E-state index in [1.165, 1.54) is 37.9 Å². The molecule has 1 aromatic carbocycles. The molecule has 2 heterocycles. The largest absolute Gasteiger partial charge is 0.457 e. The zero-order valence-corrected chi connectivity index (χ0v) is 16.0. The SMILES string of the molecule is CCN1C(=CC2=CC(C)=C3CC=CC=C3O2)Sc2cc(C)c(C)cc21. The fourth-order valence-electron chi connectivity index (χ4n) is 3.43. The van der Waals surface area contributed by atoms with Gasteiger partial charge in [0.05, 0.1) is 10.7 Å². The van der Waals surface area contributed by atoms with Crippen LogP contribution in [0.3, 0.4) is 0 Å². The molecule has 0 fully saturated rings. The molecule has 0 saturated carbocycles. The predicted octanol–water partition coefficient (Wildman–Crippen LogP) is 6.15. The second-order valence-corrected chi connectivity index (χ2v) is 7.77. The number of nitrogens with zero attached hydrogens (tertiary/aromatic N) is 1. The minimum Gasteiger partial charge on any atom is -0.457 e. The van der Waals surface area contributed by atoms with Gasteiger partial charge in [0, 0.05) is 23.1 Å². The summed E-state index contributed by atoms with van der Waals surface area (Å²) in [6.07, 6.45) is 11.6. The van der Waals surface area contributed by atoms with Gasteiger partial charge in [-0.2, -0.15) is 0 Å². The Labute approximate surface area is 154 Å². The fourth-order valence-corrected chi connectivity index (χ4v) is 4.68. The lowest BCUT2D eigenvalue weighted by molar-refractivity contribution is 0.321. The maximum Gasteiger partial charge on any atom is 0.131 e. The van der Waals surface area contributed by atoms with Gasteiger partial charge in [-0.05, 0) is 75.1 Å². The smallest absolute Gasteiger partial charge is 0.131 e. The molecule has 0 radical (unpaired) electrons. The van der Waals surface area contributed by atoms with Gasteiger partial charge in [0.15, 0.2) is 0 Å². The Kier molecular flexibility index (Phi) is 4.12. The van der Waals surface area contributed by atoms with E-state index in [-0.39, 0.29) is 0 Å². The van der Waals surface area contributed by atoms with Crippen LogP contribution in [-0.4, -0.2) is 6.54 Å². The van der Waals surface area contributed by atoms with Gasteiger partial charge in [0.25, 0.3) is 0 Å². The molecule has 2 nitrogen and oxygen atoms in total. The molecule has 0 amide bonds. The van der Waals surface area contributed by atoms with Crippen LogP contribution in [0.5, 0.6) is 0 Å². The number of anilines is 1. The number of allylic oxidation sites excluding steroid dienone is 7. The molecule has 0 aromatic heterocycles. The lowest BCUT2D eigenvalue weighted by Gasteiger charge is -2.23. The summed E-state index contributed by atoms with van der Waals surface area (Å²) in [6.45, 7) is 9.69. The van der Waals surface area contributed by atoms with Crippen molar-refractivity contribution in [1.82, 2.24) is 0 Å². The van der Waals surface area contributed by atoms with Gasteiger partial charge >= 0.3 is 0 Å². The van der Waals surface area contributed by atoms with Crippen molar-refractivity contribution in [3.8, 4) is 0 Å². The predicted molar refractivity (Wildman–Crippen MR) is 107 cm³/mol. The van der Waals surface area contributed by atoms with Crippen molar-refractivity contribution in [3.05, 3.63) is 81.3 Å². The minimum absolute atomic E-state index is 0.921. The normalized spacial score (nSPS) is 20.3. The van der Waals surface area contributed by atoms with Crippen LogP contribution in [0.25, 0.3) is 0 Å². The third kappa shape index (κ3) is 2.87. The van der Waals surface area contributed by atoms with Gasteiger partial charge in [-0.1, -0.05) is 23.9 Å². The molecule has 0 atom stereocenters. The highest BCUT2D eigenvalue weighted by Gasteiger charge is 2.26. The second kappa shape index (κ2) is 6.30. The number of fused-ring (bicyclic) bond motifs is 2. The van der Waals surface area contributed by atoms with Crippen molar-refractivity contribution in [3.63, 3.8) is 0 Å². The Balaban J connectivity index is 1.70. The Morgan fingerprint density at radius 3 is 2.80 bits per heavy atom. The summed E-state index contributed by atoms with van der Waals surface area (Å²) >= 11 is 1.83. The molecular formula is C22H23NOS. The van der Waals surface area contributed by atoms with Crippen LogP contribution in [0.15, 0.2) is 75.1 Å². The van der Waals surface area contributed by atoms with Crippen LogP contribution in [0, 0.1) is 13.8 Å². The fraction of sp³-hybridized carbons (Fsp3) is 0.273. The summed E-state index contributed by atoms with van der Waals surface area (Å²) in [7, 11) is 0. The number of ether oxygens (including phenoxy) is 1. The molecule has 0 unspecified atom stereocenters. The summed E-state index contributed by atoms with van der Waals surface area (Å²) in [5.74, 6) is 1.91. The Morgan fingerprint density at radius 1 is 1.20 bits per heavy atom. The van der Waals surface area contributed by atoms with Crippen LogP contribution in [-0.2, 0) is 4.74 Å². The molecular weight excluding hydrogens is 326 g/mol. The first-order valence-corrected chi connectivity index (χ1v) is 9.63. The molecule has 3 aliphatic rings. The summed E-state index contributed by atoms with van der Waals surface area (Å²) in [5, 5.41) is 1.23. The van der Waals surface area contributed by atoms with E-state index in [1.54, 1.807) is 0 Å². The molecule has 0 spiro atoms. The van der Waals surface area contributed by atoms with Gasteiger partial charge in [0.1, 0.15) is 11.5 Å². The number of aryl methyl sites for hydroxylation is 2. The highest BCUT2D eigenvalue weighted by atomic mass is 32.2. The Bertz CT molecular complexity index is 899. The van der Waals surface area contributed by atoms with Crippen LogP contribution >= 0.6 is 11.8 Å². The maximum absolute atomic E-state index is 6.16. The topological polar surface area (TPSA) is 12.5 Å². The van der Waals surface area contributed by atoms with Crippen molar-refractivity contribution >= 4 is 17.4 Å². The van der Waals surface area contributed by atoms with E-state index in [4.69, 9.17) is 4.74 Å². The standard InChI is InChI=1S/C22H23NOS/c1-5-23-19-11-14(2)15(3)12-21(19)25-22(23)13-17-10-16(4)18-8-6-7-9-20(18)24-17/h6-7,9-13H,5,8H2,1-4H3. The van der Waals surface area contributed by atoms with Gasteiger partial charge in [-0.3, -0.25) is 0 Å². The number of benzene rings is 1. The maximum atomic E-state index is 6.16. The first-order valence-electron chi connectivity index (χ1n) is 8.81. The molecule has 3 heteroatoms. The molecule has 25 heavy (non-hydrogen) atoms. The van der Waals surface area contributed by atoms with E-state index in [0.717, 1.165) is 24.5 Å². The Hall–Kier alpha value is -2.13. The van der Waals surface area contributed by atoms with Crippen molar-refractivity contribution in [2.24, 2.45) is 0 Å². The zero-order valence-electron chi connectivity index (χ0n) is 15.2. The quantitative estimate of drug-likeness (QED) is 0.635. The zero-order chi connectivity index (χ0) is 17.6.